The number of rotatable bonds is 4. The third-order valence-electron chi connectivity index (χ3n) is 4.55. The van der Waals surface area contributed by atoms with E-state index in [1.807, 2.05) is 19.3 Å². The minimum Gasteiger partial charge on any atom is -0.368 e. The van der Waals surface area contributed by atoms with Gasteiger partial charge in [-0.2, -0.15) is 5.10 Å². The number of hydrogen-bond acceptors (Lipinski definition) is 5. The average Bonchev–Trinajstić information content (AvgIpc) is 3.01. The fourth-order valence-corrected chi connectivity index (χ4v) is 3.53. The smallest absolute Gasteiger partial charge is 0.116 e. The summed E-state index contributed by atoms with van der Waals surface area (Å²) in [4.78, 5) is 13.8. The van der Waals surface area contributed by atoms with Crippen LogP contribution in [-0.4, -0.2) is 66.7 Å². The van der Waals surface area contributed by atoms with Crippen molar-refractivity contribution >= 4 is 34.5 Å². The van der Waals surface area contributed by atoms with E-state index < -0.39 is 0 Å². The molecule has 1 aromatic heterocycles. The number of hydrogen-bond donors (Lipinski definition) is 2. The first kappa shape index (κ1) is 19.7. The van der Waals surface area contributed by atoms with Crippen molar-refractivity contribution in [3.8, 4) is 0 Å². The zero-order valence-electron chi connectivity index (χ0n) is 15.5. The van der Waals surface area contributed by atoms with E-state index in [0.29, 0.717) is 0 Å². The standard InChI is InChI=1S/C16H24ClN5.C2H4O/c1-16(2)11-21(6-7-22(16)5-4-18-3)15-9-12(17)8-14-13(15)10-19-20-14;1-2-3/h8-10,18H,4-7,11H2,1-3H3,(H,19,20);2H,1H3. The maximum Gasteiger partial charge on any atom is 0.116 e. The molecule has 2 aromatic rings. The molecule has 1 fully saturated rings. The van der Waals surface area contributed by atoms with Crippen LogP contribution in [0.5, 0.6) is 0 Å². The maximum atomic E-state index is 8.81. The second kappa shape index (κ2) is 8.65. The number of fused-ring (bicyclic) bond motifs is 1. The summed E-state index contributed by atoms with van der Waals surface area (Å²) in [5.41, 5.74) is 2.31. The molecule has 0 unspecified atom stereocenters. The molecule has 0 amide bonds. The van der Waals surface area contributed by atoms with Gasteiger partial charge < -0.3 is 15.0 Å². The first-order valence-electron chi connectivity index (χ1n) is 8.60. The Bertz CT molecular complexity index is 700. The molecule has 0 atom stereocenters. The fraction of sp³-hybridized carbons (Fsp3) is 0.556. The van der Waals surface area contributed by atoms with Gasteiger partial charge in [0, 0.05) is 54.4 Å². The summed E-state index contributed by atoms with van der Waals surface area (Å²) in [5.74, 6) is 0. The van der Waals surface area contributed by atoms with Crippen molar-refractivity contribution in [2.75, 3.05) is 44.7 Å². The van der Waals surface area contributed by atoms with Gasteiger partial charge in [0.25, 0.3) is 0 Å². The number of carbonyl (C=O) groups is 1. The van der Waals surface area contributed by atoms with E-state index in [0.717, 1.165) is 54.9 Å². The third-order valence-corrected chi connectivity index (χ3v) is 4.77. The van der Waals surface area contributed by atoms with Gasteiger partial charge in [0.2, 0.25) is 0 Å². The Balaban J connectivity index is 0.000000701. The molecule has 0 bridgehead atoms. The van der Waals surface area contributed by atoms with Gasteiger partial charge in [0.05, 0.1) is 11.7 Å². The molecule has 3 rings (SSSR count). The van der Waals surface area contributed by atoms with Crippen LogP contribution in [0.4, 0.5) is 5.69 Å². The number of aromatic amines is 1. The van der Waals surface area contributed by atoms with E-state index in [9.17, 15) is 0 Å². The lowest BCUT2D eigenvalue weighted by Gasteiger charge is -2.48. The van der Waals surface area contributed by atoms with Crippen molar-refractivity contribution in [1.82, 2.24) is 20.4 Å². The van der Waals surface area contributed by atoms with Crippen LogP contribution in [0.1, 0.15) is 20.8 Å². The molecule has 1 aliphatic heterocycles. The van der Waals surface area contributed by atoms with E-state index in [2.05, 4.69) is 45.2 Å². The number of aromatic nitrogens is 2. The van der Waals surface area contributed by atoms with Gasteiger partial charge in [-0.3, -0.25) is 10.00 Å². The Morgan fingerprint density at radius 2 is 2.12 bits per heavy atom. The Morgan fingerprint density at radius 1 is 1.40 bits per heavy atom. The SMILES string of the molecule is CC=O.CNCCN1CCN(c2cc(Cl)cc3[nH]ncc23)CC1(C)C. The Hall–Kier alpha value is -1.63. The molecule has 0 spiro atoms. The van der Waals surface area contributed by atoms with Crippen LogP contribution < -0.4 is 10.2 Å². The Labute approximate surface area is 154 Å². The molecule has 1 aliphatic rings. The van der Waals surface area contributed by atoms with Crippen LogP contribution in [0, 0.1) is 0 Å². The third kappa shape index (κ3) is 4.71. The molecular weight excluding hydrogens is 338 g/mol. The number of H-pyrrole nitrogens is 1. The summed E-state index contributed by atoms with van der Waals surface area (Å²) < 4.78 is 0. The van der Waals surface area contributed by atoms with Crippen LogP contribution in [-0.2, 0) is 4.79 Å². The number of carbonyl (C=O) groups excluding carboxylic acids is 1. The molecule has 0 radical (unpaired) electrons. The molecule has 2 N–H and O–H groups in total. The average molecular weight is 366 g/mol. The summed E-state index contributed by atoms with van der Waals surface area (Å²) in [6.07, 6.45) is 2.64. The molecule has 138 valence electrons. The van der Waals surface area contributed by atoms with Crippen LogP contribution in [0.15, 0.2) is 18.3 Å². The van der Waals surface area contributed by atoms with Gasteiger partial charge in [-0.1, -0.05) is 11.6 Å². The number of nitrogens with one attached hydrogen (secondary N) is 2. The molecule has 1 aromatic carbocycles. The normalized spacial score (nSPS) is 17.2. The highest BCUT2D eigenvalue weighted by molar-refractivity contribution is 6.31. The highest BCUT2D eigenvalue weighted by Crippen LogP contribution is 2.33. The molecule has 0 saturated carbocycles. The monoisotopic (exact) mass is 365 g/mol. The summed E-state index contributed by atoms with van der Waals surface area (Å²) in [7, 11) is 2.00. The van der Waals surface area contributed by atoms with Crippen LogP contribution in [0.3, 0.4) is 0 Å². The largest absolute Gasteiger partial charge is 0.368 e. The summed E-state index contributed by atoms with van der Waals surface area (Å²) in [6, 6.07) is 3.99. The predicted octanol–water partition coefficient (Wildman–Crippen LogP) is 2.54. The molecular formula is C18H28ClN5O. The Morgan fingerprint density at radius 3 is 2.76 bits per heavy atom. The summed E-state index contributed by atoms with van der Waals surface area (Å²) >= 11 is 6.28. The Kier molecular flexibility index (Phi) is 6.81. The second-order valence-electron chi connectivity index (χ2n) is 6.82. The first-order chi connectivity index (χ1) is 11.9. The van der Waals surface area contributed by atoms with E-state index in [-0.39, 0.29) is 5.54 Å². The van der Waals surface area contributed by atoms with Crippen molar-refractivity contribution < 1.29 is 4.79 Å². The van der Waals surface area contributed by atoms with E-state index in [1.54, 1.807) is 0 Å². The number of likely N-dealkylation sites (N-methyl/N-ethyl adjacent to an activating group) is 1. The van der Waals surface area contributed by atoms with Crippen LogP contribution in [0.2, 0.25) is 5.02 Å². The summed E-state index contributed by atoms with van der Waals surface area (Å²) in [6.45, 7) is 11.2. The molecule has 6 nitrogen and oxygen atoms in total. The van der Waals surface area contributed by atoms with Gasteiger partial charge in [0.1, 0.15) is 6.29 Å². The maximum absolute atomic E-state index is 8.81. The number of anilines is 1. The second-order valence-corrected chi connectivity index (χ2v) is 7.25. The van der Waals surface area contributed by atoms with E-state index in [4.69, 9.17) is 16.4 Å². The van der Waals surface area contributed by atoms with Crippen molar-refractivity contribution in [2.24, 2.45) is 0 Å². The lowest BCUT2D eigenvalue weighted by molar-refractivity contribution is -0.106. The number of aldehydes is 1. The number of piperazine rings is 1. The number of nitrogens with zero attached hydrogens (tertiary/aromatic N) is 3. The van der Waals surface area contributed by atoms with Crippen molar-refractivity contribution in [2.45, 2.75) is 26.3 Å². The van der Waals surface area contributed by atoms with E-state index >= 15 is 0 Å². The molecule has 7 heteroatoms. The predicted molar refractivity (Wildman–Crippen MR) is 105 cm³/mol. The highest BCUT2D eigenvalue weighted by Gasteiger charge is 2.33. The van der Waals surface area contributed by atoms with Crippen molar-refractivity contribution in [3.05, 3.63) is 23.4 Å². The zero-order chi connectivity index (χ0) is 18.4. The lowest BCUT2D eigenvalue weighted by atomic mass is 9.97. The van der Waals surface area contributed by atoms with Gasteiger partial charge in [-0.05, 0) is 40.0 Å². The van der Waals surface area contributed by atoms with Crippen LogP contribution in [0.25, 0.3) is 10.9 Å². The molecule has 0 aliphatic carbocycles. The number of benzene rings is 1. The highest BCUT2D eigenvalue weighted by atomic mass is 35.5. The molecule has 2 heterocycles. The first-order valence-corrected chi connectivity index (χ1v) is 8.97. The lowest BCUT2D eigenvalue weighted by Crippen LogP contribution is -2.60. The van der Waals surface area contributed by atoms with Crippen LogP contribution >= 0.6 is 11.6 Å². The quantitative estimate of drug-likeness (QED) is 0.815. The van der Waals surface area contributed by atoms with Crippen molar-refractivity contribution in [1.29, 1.82) is 0 Å². The number of halogens is 1. The topological polar surface area (TPSA) is 64.3 Å². The molecule has 1 saturated heterocycles. The minimum absolute atomic E-state index is 0.132. The van der Waals surface area contributed by atoms with Gasteiger partial charge in [-0.25, -0.2) is 0 Å². The minimum atomic E-state index is 0.132. The van der Waals surface area contributed by atoms with Crippen molar-refractivity contribution in [3.63, 3.8) is 0 Å². The fourth-order valence-electron chi connectivity index (χ4n) is 3.32. The van der Waals surface area contributed by atoms with Gasteiger partial charge >= 0.3 is 0 Å². The summed E-state index contributed by atoms with van der Waals surface area (Å²) in [5, 5.41) is 12.3. The molecule has 25 heavy (non-hydrogen) atoms. The van der Waals surface area contributed by atoms with Gasteiger partial charge in [-0.15, -0.1) is 0 Å². The van der Waals surface area contributed by atoms with E-state index in [1.165, 1.54) is 12.6 Å². The van der Waals surface area contributed by atoms with Gasteiger partial charge in [0.15, 0.2) is 0 Å². The zero-order valence-corrected chi connectivity index (χ0v) is 16.2.